The van der Waals surface area contributed by atoms with E-state index in [4.69, 9.17) is 28.4 Å². The van der Waals surface area contributed by atoms with Crippen molar-refractivity contribution in [2.45, 2.75) is 12.2 Å². The molecule has 4 aromatic rings. The number of rotatable bonds is 21. The van der Waals surface area contributed by atoms with Crippen LogP contribution in [-0.4, -0.2) is 72.1 Å². The van der Waals surface area contributed by atoms with Crippen LogP contribution in [-0.2, 0) is 40.6 Å². The summed E-state index contributed by atoms with van der Waals surface area (Å²) in [6.45, 7) is 4.56. The molecule has 0 bridgehead atoms. The summed E-state index contributed by atoms with van der Waals surface area (Å²) in [5, 5.41) is 2.66. The third-order valence-corrected chi connectivity index (χ3v) is 6.93. The molecular formula is C37H43NO7. The van der Waals surface area contributed by atoms with Crippen molar-refractivity contribution in [3.05, 3.63) is 144 Å². The SMILES string of the molecule is O=C(NCCOCCOCCOCCOCCOC(c1ccccc1)(c1ccccc1)c1ccccc1)OCc1ccccc1. The Balaban J connectivity index is 1.04. The number of carbonyl (C=O) groups excluding carboxylic acids is 1. The van der Waals surface area contributed by atoms with E-state index in [-0.39, 0.29) is 6.61 Å². The fourth-order valence-corrected chi connectivity index (χ4v) is 4.78. The van der Waals surface area contributed by atoms with Crippen molar-refractivity contribution < 1.29 is 33.2 Å². The number of alkyl carbamates (subject to hydrolysis) is 1. The Labute approximate surface area is 266 Å². The Kier molecular flexibility index (Phi) is 15.1. The molecule has 0 saturated carbocycles. The Bertz CT molecular complexity index is 1230. The van der Waals surface area contributed by atoms with Crippen molar-refractivity contribution in [3.63, 3.8) is 0 Å². The van der Waals surface area contributed by atoms with Crippen LogP contribution in [0.3, 0.4) is 0 Å². The van der Waals surface area contributed by atoms with E-state index in [1.54, 1.807) is 0 Å². The van der Waals surface area contributed by atoms with Crippen molar-refractivity contribution in [1.29, 1.82) is 0 Å². The molecule has 0 unspecified atom stereocenters. The fraction of sp³-hybridized carbons (Fsp3) is 0.324. The minimum atomic E-state index is -0.754. The van der Waals surface area contributed by atoms with Crippen LogP contribution in [0.4, 0.5) is 4.79 Å². The van der Waals surface area contributed by atoms with Gasteiger partial charge in [0.05, 0.1) is 59.5 Å². The molecule has 1 amide bonds. The normalized spacial score (nSPS) is 11.3. The monoisotopic (exact) mass is 613 g/mol. The van der Waals surface area contributed by atoms with E-state index < -0.39 is 11.7 Å². The molecule has 45 heavy (non-hydrogen) atoms. The first kappa shape index (κ1) is 33.8. The van der Waals surface area contributed by atoms with Crippen LogP contribution in [0.25, 0.3) is 0 Å². The molecule has 1 N–H and O–H groups in total. The van der Waals surface area contributed by atoms with Crippen LogP contribution in [0.1, 0.15) is 22.3 Å². The summed E-state index contributed by atoms with van der Waals surface area (Å²) in [7, 11) is 0. The maximum absolute atomic E-state index is 11.7. The van der Waals surface area contributed by atoms with Gasteiger partial charge in [-0.25, -0.2) is 4.79 Å². The number of hydrogen-bond donors (Lipinski definition) is 1. The minimum absolute atomic E-state index is 0.239. The largest absolute Gasteiger partial charge is 0.445 e. The van der Waals surface area contributed by atoms with Gasteiger partial charge in [-0.05, 0) is 22.3 Å². The molecule has 0 atom stereocenters. The number of hydrogen-bond acceptors (Lipinski definition) is 7. The molecule has 238 valence electrons. The molecule has 0 spiro atoms. The van der Waals surface area contributed by atoms with E-state index in [0.717, 1.165) is 22.3 Å². The van der Waals surface area contributed by atoms with Crippen molar-refractivity contribution in [2.75, 3.05) is 66.0 Å². The van der Waals surface area contributed by atoms with Gasteiger partial charge in [0.25, 0.3) is 0 Å². The Morgan fingerprint density at radius 2 is 0.867 bits per heavy atom. The third-order valence-electron chi connectivity index (χ3n) is 6.93. The Morgan fingerprint density at radius 1 is 0.489 bits per heavy atom. The topological polar surface area (TPSA) is 84.5 Å². The maximum atomic E-state index is 11.7. The van der Waals surface area contributed by atoms with Gasteiger partial charge in [-0.15, -0.1) is 0 Å². The molecular weight excluding hydrogens is 570 g/mol. The van der Waals surface area contributed by atoms with Gasteiger partial charge in [0.2, 0.25) is 0 Å². The van der Waals surface area contributed by atoms with Crippen LogP contribution in [0.15, 0.2) is 121 Å². The zero-order valence-corrected chi connectivity index (χ0v) is 25.7. The summed E-state index contributed by atoms with van der Waals surface area (Å²) in [5.41, 5.74) is 3.37. The molecule has 4 rings (SSSR count). The minimum Gasteiger partial charge on any atom is -0.445 e. The second-order valence-corrected chi connectivity index (χ2v) is 10.1. The summed E-state index contributed by atoms with van der Waals surface area (Å²) >= 11 is 0. The van der Waals surface area contributed by atoms with Gasteiger partial charge in [-0.2, -0.15) is 0 Å². The van der Waals surface area contributed by atoms with Crippen molar-refractivity contribution in [2.24, 2.45) is 0 Å². The molecule has 0 aliphatic heterocycles. The van der Waals surface area contributed by atoms with Crippen LogP contribution in [0.2, 0.25) is 0 Å². The molecule has 8 heteroatoms. The van der Waals surface area contributed by atoms with Crippen LogP contribution < -0.4 is 5.32 Å². The third kappa shape index (κ3) is 11.4. The van der Waals surface area contributed by atoms with E-state index in [1.165, 1.54) is 0 Å². The van der Waals surface area contributed by atoms with Gasteiger partial charge < -0.3 is 33.7 Å². The highest BCUT2D eigenvalue weighted by Gasteiger charge is 2.37. The molecule has 0 radical (unpaired) electrons. The summed E-state index contributed by atoms with van der Waals surface area (Å²) in [5.74, 6) is 0. The quantitative estimate of drug-likeness (QED) is 0.0913. The fourth-order valence-electron chi connectivity index (χ4n) is 4.78. The summed E-state index contributed by atoms with van der Waals surface area (Å²) < 4.78 is 34.3. The van der Waals surface area contributed by atoms with E-state index >= 15 is 0 Å². The highest BCUT2D eigenvalue weighted by molar-refractivity contribution is 5.67. The Morgan fingerprint density at radius 3 is 1.31 bits per heavy atom. The van der Waals surface area contributed by atoms with E-state index in [1.807, 2.05) is 84.9 Å². The highest BCUT2D eigenvalue weighted by Crippen LogP contribution is 2.40. The molecule has 0 aromatic heterocycles. The van der Waals surface area contributed by atoms with Gasteiger partial charge >= 0.3 is 6.09 Å². The summed E-state index contributed by atoms with van der Waals surface area (Å²) in [4.78, 5) is 11.7. The van der Waals surface area contributed by atoms with Gasteiger partial charge in [-0.1, -0.05) is 121 Å². The lowest BCUT2D eigenvalue weighted by molar-refractivity contribution is -0.0383. The number of amides is 1. The first-order valence-corrected chi connectivity index (χ1v) is 15.3. The molecule has 4 aromatic carbocycles. The molecule has 0 aliphatic rings. The Hall–Kier alpha value is -4.05. The van der Waals surface area contributed by atoms with E-state index in [9.17, 15) is 4.79 Å². The first-order valence-electron chi connectivity index (χ1n) is 15.3. The lowest BCUT2D eigenvalue weighted by atomic mass is 9.80. The smallest absolute Gasteiger partial charge is 0.407 e. The number of benzene rings is 4. The van der Waals surface area contributed by atoms with Crippen LogP contribution in [0, 0.1) is 0 Å². The standard InChI is InChI=1S/C37H43NO7/c39-36(44-31-32-13-5-1-6-14-32)38-21-22-40-23-24-41-25-26-42-27-28-43-29-30-45-37(33-15-7-2-8-16-33,34-17-9-3-10-18-34)35-19-11-4-12-20-35/h1-20H,21-31H2,(H,38,39). The average molecular weight is 614 g/mol. The highest BCUT2D eigenvalue weighted by atomic mass is 16.6. The van der Waals surface area contributed by atoms with Gasteiger partial charge in [0, 0.05) is 6.54 Å². The summed E-state index contributed by atoms with van der Waals surface area (Å²) in [6, 6.07) is 40.4. The van der Waals surface area contributed by atoms with Gasteiger partial charge in [0.1, 0.15) is 12.2 Å². The second kappa shape index (κ2) is 20.1. The van der Waals surface area contributed by atoms with Crippen molar-refractivity contribution >= 4 is 6.09 Å². The number of nitrogens with one attached hydrogen (secondary N) is 1. The number of carbonyl (C=O) groups is 1. The van der Waals surface area contributed by atoms with Crippen molar-refractivity contribution in [1.82, 2.24) is 5.32 Å². The lowest BCUT2D eigenvalue weighted by Gasteiger charge is -2.36. The van der Waals surface area contributed by atoms with E-state index in [2.05, 4.69) is 41.7 Å². The molecule has 0 aliphatic carbocycles. The molecule has 0 fully saturated rings. The summed E-state index contributed by atoms with van der Waals surface area (Å²) in [6.07, 6.45) is -0.466. The van der Waals surface area contributed by atoms with Gasteiger partial charge in [-0.3, -0.25) is 0 Å². The molecule has 0 heterocycles. The van der Waals surface area contributed by atoms with Gasteiger partial charge in [0.15, 0.2) is 0 Å². The second-order valence-electron chi connectivity index (χ2n) is 10.1. The zero-order valence-electron chi connectivity index (χ0n) is 25.7. The number of ether oxygens (including phenoxy) is 6. The van der Waals surface area contributed by atoms with Crippen LogP contribution >= 0.6 is 0 Å². The lowest BCUT2D eigenvalue weighted by Crippen LogP contribution is -2.34. The maximum Gasteiger partial charge on any atom is 0.407 e. The molecule has 8 nitrogen and oxygen atoms in total. The zero-order chi connectivity index (χ0) is 31.3. The first-order chi connectivity index (χ1) is 22.3. The van der Waals surface area contributed by atoms with Crippen LogP contribution in [0.5, 0.6) is 0 Å². The predicted molar refractivity (Wildman–Crippen MR) is 173 cm³/mol. The predicted octanol–water partition coefficient (Wildman–Crippen LogP) is 5.99. The average Bonchev–Trinajstić information content (AvgIpc) is 3.10. The van der Waals surface area contributed by atoms with Crippen molar-refractivity contribution in [3.8, 4) is 0 Å². The van der Waals surface area contributed by atoms with E-state index in [0.29, 0.717) is 66.0 Å². The molecule has 0 saturated heterocycles.